The van der Waals surface area contributed by atoms with Crippen LogP contribution >= 0.6 is 0 Å². The Morgan fingerprint density at radius 1 is 1.25 bits per heavy atom. The number of carbonyl (C=O) groups excluding carboxylic acids is 1. The van der Waals surface area contributed by atoms with E-state index in [2.05, 4.69) is 5.32 Å². The zero-order valence-electron chi connectivity index (χ0n) is 12.4. The Kier molecular flexibility index (Phi) is 4.13. The number of nitrogens with one attached hydrogen (secondary N) is 1. The molecule has 4 nitrogen and oxygen atoms in total. The smallest absolute Gasteiger partial charge is 0.251 e. The highest BCUT2D eigenvalue weighted by Crippen LogP contribution is 2.15. The molecular formula is C16H20N2O2. The van der Waals surface area contributed by atoms with E-state index in [9.17, 15) is 4.79 Å². The summed E-state index contributed by atoms with van der Waals surface area (Å²) in [6.07, 6.45) is 0. The van der Waals surface area contributed by atoms with Gasteiger partial charge in [0.25, 0.3) is 5.91 Å². The Labute approximate surface area is 119 Å². The maximum Gasteiger partial charge on any atom is 0.251 e. The molecule has 0 aliphatic carbocycles. The Morgan fingerprint density at radius 3 is 2.60 bits per heavy atom. The highest BCUT2D eigenvalue weighted by molar-refractivity contribution is 5.95. The molecule has 0 radical (unpaired) electrons. The van der Waals surface area contributed by atoms with Crippen molar-refractivity contribution in [3.8, 4) is 0 Å². The Balaban J connectivity index is 2.05. The van der Waals surface area contributed by atoms with Crippen LogP contribution < -0.4 is 10.2 Å². The van der Waals surface area contributed by atoms with E-state index in [1.54, 1.807) is 0 Å². The van der Waals surface area contributed by atoms with Crippen molar-refractivity contribution in [2.75, 3.05) is 19.0 Å². The first-order chi connectivity index (χ1) is 9.47. The number of benzene rings is 1. The van der Waals surface area contributed by atoms with E-state index in [0.717, 1.165) is 22.8 Å². The van der Waals surface area contributed by atoms with Gasteiger partial charge in [-0.15, -0.1) is 0 Å². The fourth-order valence-corrected chi connectivity index (χ4v) is 2.06. The van der Waals surface area contributed by atoms with Crippen LogP contribution in [0.2, 0.25) is 0 Å². The Hall–Kier alpha value is -2.23. The molecule has 0 saturated heterocycles. The molecule has 0 aliphatic rings. The van der Waals surface area contributed by atoms with Gasteiger partial charge < -0.3 is 14.6 Å². The number of aryl methyl sites for hydroxylation is 2. The summed E-state index contributed by atoms with van der Waals surface area (Å²) in [5.41, 5.74) is 2.68. The van der Waals surface area contributed by atoms with Crippen LogP contribution in [0, 0.1) is 13.8 Å². The summed E-state index contributed by atoms with van der Waals surface area (Å²) in [4.78, 5) is 14.1. The molecule has 1 amide bonds. The molecule has 106 valence electrons. The number of amides is 1. The second-order valence-corrected chi connectivity index (χ2v) is 5.07. The van der Waals surface area contributed by atoms with Gasteiger partial charge in [0.1, 0.15) is 11.5 Å². The lowest BCUT2D eigenvalue weighted by atomic mass is 10.1. The minimum Gasteiger partial charge on any atom is -0.466 e. The SMILES string of the molecule is Cc1cc(CNC(=O)c2cccc(N(C)C)c2)c(C)o1. The van der Waals surface area contributed by atoms with Crippen molar-refractivity contribution in [3.05, 3.63) is 53.0 Å². The molecule has 0 unspecified atom stereocenters. The summed E-state index contributed by atoms with van der Waals surface area (Å²) in [5.74, 6) is 1.64. The molecular weight excluding hydrogens is 252 g/mol. The van der Waals surface area contributed by atoms with Crippen LogP contribution in [-0.2, 0) is 6.54 Å². The molecule has 20 heavy (non-hydrogen) atoms. The van der Waals surface area contributed by atoms with Crippen LogP contribution in [0.15, 0.2) is 34.7 Å². The van der Waals surface area contributed by atoms with Crippen molar-refractivity contribution in [3.63, 3.8) is 0 Å². The van der Waals surface area contributed by atoms with Crippen molar-refractivity contribution < 1.29 is 9.21 Å². The van der Waals surface area contributed by atoms with Crippen LogP contribution in [0.4, 0.5) is 5.69 Å². The molecule has 0 spiro atoms. The molecule has 0 bridgehead atoms. The maximum absolute atomic E-state index is 12.2. The maximum atomic E-state index is 12.2. The first-order valence-corrected chi connectivity index (χ1v) is 6.59. The number of hydrogen-bond acceptors (Lipinski definition) is 3. The van der Waals surface area contributed by atoms with Gasteiger partial charge in [0.05, 0.1) is 0 Å². The average molecular weight is 272 g/mol. The van der Waals surface area contributed by atoms with E-state index in [-0.39, 0.29) is 5.91 Å². The zero-order chi connectivity index (χ0) is 14.7. The fourth-order valence-electron chi connectivity index (χ4n) is 2.06. The Bertz CT molecular complexity index is 615. The van der Waals surface area contributed by atoms with Gasteiger partial charge in [-0.2, -0.15) is 0 Å². The lowest BCUT2D eigenvalue weighted by molar-refractivity contribution is 0.0951. The van der Waals surface area contributed by atoms with E-state index >= 15 is 0 Å². The molecule has 1 aromatic carbocycles. The quantitative estimate of drug-likeness (QED) is 0.931. The summed E-state index contributed by atoms with van der Waals surface area (Å²) in [6, 6.07) is 9.50. The molecule has 2 aromatic rings. The number of carbonyl (C=O) groups is 1. The lowest BCUT2D eigenvalue weighted by Crippen LogP contribution is -2.23. The molecule has 2 rings (SSSR count). The van der Waals surface area contributed by atoms with Gasteiger partial charge in [-0.25, -0.2) is 0 Å². The van der Waals surface area contributed by atoms with Crippen LogP contribution in [0.5, 0.6) is 0 Å². The van der Waals surface area contributed by atoms with Gasteiger partial charge in [0, 0.05) is 37.5 Å². The third kappa shape index (κ3) is 3.20. The predicted octanol–water partition coefficient (Wildman–Crippen LogP) is 2.89. The van der Waals surface area contributed by atoms with Crippen molar-refractivity contribution in [2.24, 2.45) is 0 Å². The Morgan fingerprint density at radius 2 is 2.00 bits per heavy atom. The summed E-state index contributed by atoms with van der Waals surface area (Å²) < 4.78 is 5.45. The summed E-state index contributed by atoms with van der Waals surface area (Å²) in [7, 11) is 3.91. The van der Waals surface area contributed by atoms with Crippen molar-refractivity contribution in [1.29, 1.82) is 0 Å². The van der Waals surface area contributed by atoms with Crippen LogP contribution in [0.3, 0.4) is 0 Å². The highest BCUT2D eigenvalue weighted by atomic mass is 16.3. The van der Waals surface area contributed by atoms with Crippen LogP contribution in [0.1, 0.15) is 27.4 Å². The largest absolute Gasteiger partial charge is 0.466 e. The number of furan rings is 1. The molecule has 1 aromatic heterocycles. The van der Waals surface area contributed by atoms with E-state index in [4.69, 9.17) is 4.42 Å². The van der Waals surface area contributed by atoms with E-state index in [0.29, 0.717) is 12.1 Å². The molecule has 0 aliphatic heterocycles. The fraction of sp³-hybridized carbons (Fsp3) is 0.312. The minimum absolute atomic E-state index is 0.0769. The molecule has 4 heteroatoms. The van der Waals surface area contributed by atoms with E-state index < -0.39 is 0 Å². The topological polar surface area (TPSA) is 45.5 Å². The molecule has 0 saturated carbocycles. The second kappa shape index (κ2) is 5.82. The first-order valence-electron chi connectivity index (χ1n) is 6.59. The van der Waals surface area contributed by atoms with Crippen LogP contribution in [-0.4, -0.2) is 20.0 Å². The molecule has 0 fully saturated rings. The lowest BCUT2D eigenvalue weighted by Gasteiger charge is -2.13. The van der Waals surface area contributed by atoms with Crippen molar-refractivity contribution in [1.82, 2.24) is 5.32 Å². The van der Waals surface area contributed by atoms with E-state index in [1.807, 2.05) is 63.2 Å². The van der Waals surface area contributed by atoms with Crippen LogP contribution in [0.25, 0.3) is 0 Å². The van der Waals surface area contributed by atoms with Gasteiger partial charge in [-0.1, -0.05) is 6.07 Å². The van der Waals surface area contributed by atoms with Gasteiger partial charge in [-0.05, 0) is 38.1 Å². The highest BCUT2D eigenvalue weighted by Gasteiger charge is 2.09. The van der Waals surface area contributed by atoms with Gasteiger partial charge in [0.2, 0.25) is 0 Å². The third-order valence-electron chi connectivity index (χ3n) is 3.21. The van der Waals surface area contributed by atoms with Gasteiger partial charge in [0.15, 0.2) is 0 Å². The molecule has 0 atom stereocenters. The van der Waals surface area contributed by atoms with Gasteiger partial charge in [-0.3, -0.25) is 4.79 Å². The monoisotopic (exact) mass is 272 g/mol. The summed E-state index contributed by atoms with van der Waals surface area (Å²) in [5, 5.41) is 2.92. The standard InChI is InChI=1S/C16H20N2O2/c1-11-8-14(12(2)20-11)10-17-16(19)13-6-5-7-15(9-13)18(3)4/h5-9H,10H2,1-4H3,(H,17,19). The zero-order valence-corrected chi connectivity index (χ0v) is 12.4. The average Bonchev–Trinajstić information content (AvgIpc) is 2.74. The van der Waals surface area contributed by atoms with Crippen molar-refractivity contribution in [2.45, 2.75) is 20.4 Å². The van der Waals surface area contributed by atoms with Gasteiger partial charge >= 0.3 is 0 Å². The van der Waals surface area contributed by atoms with Crippen molar-refractivity contribution >= 4 is 11.6 Å². The summed E-state index contributed by atoms with van der Waals surface area (Å²) >= 11 is 0. The third-order valence-corrected chi connectivity index (χ3v) is 3.21. The molecule has 1 N–H and O–H groups in total. The minimum atomic E-state index is -0.0769. The second-order valence-electron chi connectivity index (χ2n) is 5.07. The van der Waals surface area contributed by atoms with E-state index in [1.165, 1.54) is 0 Å². The predicted molar refractivity (Wildman–Crippen MR) is 80.1 cm³/mol. The summed E-state index contributed by atoms with van der Waals surface area (Å²) in [6.45, 7) is 4.29. The number of nitrogens with zero attached hydrogens (tertiary/aromatic N) is 1. The number of anilines is 1. The number of hydrogen-bond donors (Lipinski definition) is 1. The number of rotatable bonds is 4. The first kappa shape index (κ1) is 14.2. The molecule has 1 heterocycles. The normalized spacial score (nSPS) is 10.4.